The third-order valence-corrected chi connectivity index (χ3v) is 6.59. The van der Waals surface area contributed by atoms with E-state index in [-0.39, 0.29) is 10.8 Å². The molecule has 1 amide bonds. The molecule has 1 aliphatic rings. The van der Waals surface area contributed by atoms with Crippen LogP contribution in [0.15, 0.2) is 53.4 Å². The molecule has 0 N–H and O–H groups in total. The van der Waals surface area contributed by atoms with Gasteiger partial charge in [-0.25, -0.2) is 8.42 Å². The summed E-state index contributed by atoms with van der Waals surface area (Å²) < 4.78 is 26.7. The minimum atomic E-state index is -3.46. The summed E-state index contributed by atoms with van der Waals surface area (Å²) in [6, 6.07) is 14.0. The molecule has 0 radical (unpaired) electrons. The van der Waals surface area contributed by atoms with Crippen molar-refractivity contribution in [3.05, 3.63) is 59.7 Å². The van der Waals surface area contributed by atoms with Gasteiger partial charge in [0.25, 0.3) is 5.91 Å². The lowest BCUT2D eigenvalue weighted by molar-refractivity contribution is 0.0988. The SMILES string of the molecule is CCN(C(=O)c1ccc(S(=O)(=O)N2CCCC2)cc1)c1cccc(C)c1. The average Bonchev–Trinajstić information content (AvgIpc) is 3.18. The lowest BCUT2D eigenvalue weighted by Gasteiger charge is -2.22. The van der Waals surface area contributed by atoms with Gasteiger partial charge in [-0.15, -0.1) is 0 Å². The highest BCUT2D eigenvalue weighted by atomic mass is 32.2. The monoisotopic (exact) mass is 372 g/mol. The van der Waals surface area contributed by atoms with Crippen LogP contribution in [0.1, 0.15) is 35.7 Å². The molecule has 5 nitrogen and oxygen atoms in total. The van der Waals surface area contributed by atoms with Crippen molar-refractivity contribution >= 4 is 21.6 Å². The largest absolute Gasteiger partial charge is 0.309 e. The summed E-state index contributed by atoms with van der Waals surface area (Å²) in [6.07, 6.45) is 1.80. The summed E-state index contributed by atoms with van der Waals surface area (Å²) in [7, 11) is -3.46. The van der Waals surface area contributed by atoms with Gasteiger partial charge < -0.3 is 4.90 Å². The van der Waals surface area contributed by atoms with E-state index >= 15 is 0 Å². The Balaban J connectivity index is 1.84. The van der Waals surface area contributed by atoms with Crippen LogP contribution in [0.2, 0.25) is 0 Å². The summed E-state index contributed by atoms with van der Waals surface area (Å²) >= 11 is 0. The number of amides is 1. The first-order valence-electron chi connectivity index (χ1n) is 8.92. The molecule has 1 aliphatic heterocycles. The van der Waals surface area contributed by atoms with Crippen LogP contribution in [0, 0.1) is 6.92 Å². The highest BCUT2D eigenvalue weighted by Gasteiger charge is 2.27. The van der Waals surface area contributed by atoms with Crippen LogP contribution in [0.25, 0.3) is 0 Å². The molecule has 0 saturated carbocycles. The van der Waals surface area contributed by atoms with E-state index in [1.807, 2.05) is 38.1 Å². The van der Waals surface area contributed by atoms with Gasteiger partial charge in [0.2, 0.25) is 10.0 Å². The number of carbonyl (C=O) groups excluding carboxylic acids is 1. The molecule has 0 bridgehead atoms. The first-order chi connectivity index (χ1) is 12.4. The van der Waals surface area contributed by atoms with E-state index in [1.54, 1.807) is 17.0 Å². The van der Waals surface area contributed by atoms with Crippen LogP contribution in [-0.2, 0) is 10.0 Å². The number of hydrogen-bond donors (Lipinski definition) is 0. The van der Waals surface area contributed by atoms with Crippen molar-refractivity contribution in [1.82, 2.24) is 4.31 Å². The Hall–Kier alpha value is -2.18. The van der Waals surface area contributed by atoms with Crippen molar-refractivity contribution in [2.24, 2.45) is 0 Å². The third-order valence-electron chi connectivity index (χ3n) is 4.68. The second-order valence-electron chi connectivity index (χ2n) is 6.52. The Morgan fingerprint density at radius 3 is 2.31 bits per heavy atom. The minimum absolute atomic E-state index is 0.136. The zero-order valence-corrected chi connectivity index (χ0v) is 16.0. The number of carbonyl (C=O) groups is 1. The molecule has 2 aromatic carbocycles. The molecular weight excluding hydrogens is 348 g/mol. The predicted molar refractivity (Wildman–Crippen MR) is 103 cm³/mol. The molecule has 0 spiro atoms. The predicted octanol–water partition coefficient (Wildman–Crippen LogP) is 3.45. The van der Waals surface area contributed by atoms with Gasteiger partial charge >= 0.3 is 0 Å². The summed E-state index contributed by atoms with van der Waals surface area (Å²) in [5, 5.41) is 0. The smallest absolute Gasteiger partial charge is 0.258 e. The van der Waals surface area contributed by atoms with Gasteiger partial charge in [-0.1, -0.05) is 12.1 Å². The van der Waals surface area contributed by atoms with Gasteiger partial charge in [-0.2, -0.15) is 4.31 Å². The fraction of sp³-hybridized carbons (Fsp3) is 0.350. The van der Waals surface area contributed by atoms with E-state index in [4.69, 9.17) is 0 Å². The minimum Gasteiger partial charge on any atom is -0.309 e. The second kappa shape index (κ2) is 7.60. The number of hydrogen-bond acceptors (Lipinski definition) is 3. The molecule has 0 unspecified atom stereocenters. The van der Waals surface area contributed by atoms with E-state index in [0.717, 1.165) is 24.1 Å². The summed E-state index contributed by atoms with van der Waals surface area (Å²) in [6.45, 7) is 5.59. The van der Waals surface area contributed by atoms with Gasteiger partial charge in [0.1, 0.15) is 0 Å². The zero-order valence-electron chi connectivity index (χ0n) is 15.2. The summed E-state index contributed by atoms with van der Waals surface area (Å²) in [5.41, 5.74) is 2.40. The lowest BCUT2D eigenvalue weighted by Crippen LogP contribution is -2.31. The lowest BCUT2D eigenvalue weighted by atomic mass is 10.1. The van der Waals surface area contributed by atoms with Gasteiger partial charge in [-0.3, -0.25) is 4.79 Å². The van der Waals surface area contributed by atoms with Gasteiger partial charge in [0.05, 0.1) is 4.90 Å². The fourth-order valence-electron chi connectivity index (χ4n) is 3.24. The summed E-state index contributed by atoms with van der Waals surface area (Å²) in [5.74, 6) is -0.136. The molecule has 138 valence electrons. The standard InChI is InChI=1S/C20H24N2O3S/c1-3-22(18-8-6-7-16(2)15-18)20(23)17-9-11-19(12-10-17)26(24,25)21-13-4-5-14-21/h6-12,15H,3-5,13-14H2,1-2H3. The van der Waals surface area contributed by atoms with Crippen LogP contribution in [0.3, 0.4) is 0 Å². The quantitative estimate of drug-likeness (QED) is 0.808. The summed E-state index contributed by atoms with van der Waals surface area (Å²) in [4.78, 5) is 14.8. The Labute approximate surface area is 155 Å². The van der Waals surface area contributed by atoms with E-state index < -0.39 is 10.0 Å². The Kier molecular flexibility index (Phi) is 5.44. The van der Waals surface area contributed by atoms with Crippen molar-refractivity contribution in [3.8, 4) is 0 Å². The molecule has 3 rings (SSSR count). The van der Waals surface area contributed by atoms with E-state index in [2.05, 4.69) is 0 Å². The molecule has 0 atom stereocenters. The van der Waals surface area contributed by atoms with Crippen molar-refractivity contribution in [2.45, 2.75) is 31.6 Å². The maximum absolute atomic E-state index is 12.9. The Bertz CT molecular complexity index is 886. The number of nitrogens with zero attached hydrogens (tertiary/aromatic N) is 2. The van der Waals surface area contributed by atoms with E-state index in [1.165, 1.54) is 16.4 Å². The number of benzene rings is 2. The maximum Gasteiger partial charge on any atom is 0.258 e. The van der Waals surface area contributed by atoms with Crippen molar-refractivity contribution in [3.63, 3.8) is 0 Å². The molecule has 0 aliphatic carbocycles. The topological polar surface area (TPSA) is 57.7 Å². The van der Waals surface area contributed by atoms with Crippen molar-refractivity contribution in [1.29, 1.82) is 0 Å². The maximum atomic E-state index is 12.9. The van der Waals surface area contributed by atoms with Crippen LogP contribution < -0.4 is 4.90 Å². The molecule has 26 heavy (non-hydrogen) atoms. The van der Waals surface area contributed by atoms with E-state index in [9.17, 15) is 13.2 Å². The number of sulfonamides is 1. The van der Waals surface area contributed by atoms with Crippen LogP contribution >= 0.6 is 0 Å². The van der Waals surface area contributed by atoms with E-state index in [0.29, 0.717) is 25.2 Å². The molecule has 6 heteroatoms. The van der Waals surface area contributed by atoms with Crippen molar-refractivity contribution in [2.75, 3.05) is 24.5 Å². The zero-order chi connectivity index (χ0) is 18.7. The first kappa shape index (κ1) is 18.6. The Morgan fingerprint density at radius 1 is 1.08 bits per heavy atom. The normalized spacial score (nSPS) is 15.2. The van der Waals surface area contributed by atoms with Crippen LogP contribution in [-0.4, -0.2) is 38.3 Å². The third kappa shape index (κ3) is 3.66. The van der Waals surface area contributed by atoms with Crippen LogP contribution in [0.4, 0.5) is 5.69 Å². The Morgan fingerprint density at radius 2 is 1.73 bits per heavy atom. The highest BCUT2D eigenvalue weighted by Crippen LogP contribution is 2.23. The molecule has 0 aromatic heterocycles. The highest BCUT2D eigenvalue weighted by molar-refractivity contribution is 7.89. The van der Waals surface area contributed by atoms with Crippen LogP contribution in [0.5, 0.6) is 0 Å². The molecule has 2 aromatic rings. The van der Waals surface area contributed by atoms with Gasteiger partial charge in [0, 0.05) is 30.9 Å². The average molecular weight is 372 g/mol. The molecule has 1 heterocycles. The number of rotatable bonds is 5. The molecule has 1 fully saturated rings. The van der Waals surface area contributed by atoms with Gasteiger partial charge in [-0.05, 0) is 68.7 Å². The second-order valence-corrected chi connectivity index (χ2v) is 8.46. The number of aryl methyl sites for hydroxylation is 1. The van der Waals surface area contributed by atoms with Gasteiger partial charge in [0.15, 0.2) is 0 Å². The molecular formula is C20H24N2O3S. The number of anilines is 1. The molecule has 1 saturated heterocycles. The van der Waals surface area contributed by atoms with Crippen molar-refractivity contribution < 1.29 is 13.2 Å². The first-order valence-corrected chi connectivity index (χ1v) is 10.4. The fourth-order valence-corrected chi connectivity index (χ4v) is 4.76.